The van der Waals surface area contributed by atoms with Gasteiger partial charge in [-0.25, -0.2) is 0 Å². The van der Waals surface area contributed by atoms with Crippen molar-refractivity contribution >= 4 is 34.8 Å². The standard InChI is InChI=1S/C19H14Cl3NO2/c1-12-2-3-13(10-23-12)11-24-19-7-5-15(9-18(19)22)25-14-4-6-16(20)17(21)8-14/h2-10H,11H2,1H3. The van der Waals surface area contributed by atoms with Crippen LogP contribution >= 0.6 is 34.8 Å². The van der Waals surface area contributed by atoms with Crippen molar-refractivity contribution in [3.63, 3.8) is 0 Å². The molecule has 0 aliphatic rings. The minimum atomic E-state index is 0.389. The monoisotopic (exact) mass is 393 g/mol. The molecule has 0 spiro atoms. The molecule has 1 aromatic heterocycles. The molecule has 6 heteroatoms. The third-order valence-corrected chi connectivity index (χ3v) is 4.43. The van der Waals surface area contributed by atoms with E-state index in [2.05, 4.69) is 4.98 Å². The van der Waals surface area contributed by atoms with Crippen molar-refractivity contribution in [1.29, 1.82) is 0 Å². The van der Waals surface area contributed by atoms with Gasteiger partial charge in [0.05, 0.1) is 15.1 Å². The maximum Gasteiger partial charge on any atom is 0.138 e. The number of ether oxygens (including phenoxy) is 2. The van der Waals surface area contributed by atoms with Crippen molar-refractivity contribution in [2.45, 2.75) is 13.5 Å². The van der Waals surface area contributed by atoms with Crippen molar-refractivity contribution in [1.82, 2.24) is 4.98 Å². The Bertz CT molecular complexity index is 882. The first-order valence-corrected chi connectivity index (χ1v) is 8.61. The summed E-state index contributed by atoms with van der Waals surface area (Å²) in [5.74, 6) is 1.72. The lowest BCUT2D eigenvalue weighted by molar-refractivity contribution is 0.305. The number of rotatable bonds is 5. The average molecular weight is 395 g/mol. The minimum absolute atomic E-state index is 0.389. The zero-order valence-corrected chi connectivity index (χ0v) is 15.6. The number of hydrogen-bond donors (Lipinski definition) is 0. The average Bonchev–Trinajstić information content (AvgIpc) is 2.59. The summed E-state index contributed by atoms with van der Waals surface area (Å²) in [5.41, 5.74) is 1.93. The maximum atomic E-state index is 6.28. The van der Waals surface area contributed by atoms with Gasteiger partial charge >= 0.3 is 0 Å². The van der Waals surface area contributed by atoms with Gasteiger partial charge < -0.3 is 9.47 Å². The Balaban J connectivity index is 1.67. The highest BCUT2D eigenvalue weighted by atomic mass is 35.5. The van der Waals surface area contributed by atoms with Gasteiger partial charge in [-0.1, -0.05) is 40.9 Å². The van der Waals surface area contributed by atoms with Crippen molar-refractivity contribution in [3.05, 3.63) is 81.1 Å². The number of nitrogens with zero attached hydrogens (tertiary/aromatic N) is 1. The molecule has 128 valence electrons. The summed E-state index contributed by atoms with van der Waals surface area (Å²) in [6.07, 6.45) is 1.78. The molecule has 3 rings (SSSR count). The predicted octanol–water partition coefficient (Wildman–Crippen LogP) is 6.72. The van der Waals surface area contributed by atoms with Crippen LogP contribution in [0.3, 0.4) is 0 Å². The van der Waals surface area contributed by atoms with Crippen LogP contribution in [0.1, 0.15) is 11.3 Å². The second-order valence-electron chi connectivity index (χ2n) is 5.37. The van der Waals surface area contributed by atoms with E-state index in [0.717, 1.165) is 11.3 Å². The second-order valence-corrected chi connectivity index (χ2v) is 6.59. The van der Waals surface area contributed by atoms with E-state index in [1.54, 1.807) is 42.6 Å². The molecule has 3 aromatic rings. The molecule has 0 fully saturated rings. The van der Waals surface area contributed by atoms with Crippen molar-refractivity contribution in [3.8, 4) is 17.2 Å². The normalized spacial score (nSPS) is 10.6. The minimum Gasteiger partial charge on any atom is -0.487 e. The first-order chi connectivity index (χ1) is 12.0. The summed E-state index contributed by atoms with van der Waals surface area (Å²) in [4.78, 5) is 4.23. The fourth-order valence-corrected chi connectivity index (χ4v) is 2.60. The lowest BCUT2D eigenvalue weighted by Crippen LogP contribution is -1.97. The van der Waals surface area contributed by atoms with Crippen LogP contribution in [0.15, 0.2) is 54.7 Å². The van der Waals surface area contributed by atoms with E-state index in [1.165, 1.54) is 0 Å². The Labute approximate surface area is 161 Å². The zero-order valence-electron chi connectivity index (χ0n) is 13.3. The Morgan fingerprint density at radius 2 is 1.56 bits per heavy atom. The predicted molar refractivity (Wildman–Crippen MR) is 101 cm³/mol. The van der Waals surface area contributed by atoms with Crippen molar-refractivity contribution < 1.29 is 9.47 Å². The summed E-state index contributed by atoms with van der Waals surface area (Å²) in [5, 5.41) is 1.36. The molecule has 0 aliphatic carbocycles. The molecule has 0 unspecified atom stereocenters. The van der Waals surface area contributed by atoms with Crippen molar-refractivity contribution in [2.24, 2.45) is 0 Å². The van der Waals surface area contributed by atoms with Crippen LogP contribution in [0.25, 0.3) is 0 Å². The van der Waals surface area contributed by atoms with E-state index in [-0.39, 0.29) is 0 Å². The van der Waals surface area contributed by atoms with Crippen molar-refractivity contribution in [2.75, 3.05) is 0 Å². The number of benzene rings is 2. The lowest BCUT2D eigenvalue weighted by Gasteiger charge is -2.11. The van der Waals surface area contributed by atoms with Crippen LogP contribution in [0.4, 0.5) is 0 Å². The molecule has 2 aromatic carbocycles. The van der Waals surface area contributed by atoms with Gasteiger partial charge in [0.15, 0.2) is 0 Å². The Kier molecular flexibility index (Phi) is 5.69. The lowest BCUT2D eigenvalue weighted by atomic mass is 10.2. The number of pyridine rings is 1. The second kappa shape index (κ2) is 7.96. The summed E-state index contributed by atoms with van der Waals surface area (Å²) >= 11 is 18.2. The van der Waals surface area contributed by atoms with Crippen LogP contribution < -0.4 is 9.47 Å². The summed E-state index contributed by atoms with van der Waals surface area (Å²) in [6, 6.07) is 14.2. The van der Waals surface area contributed by atoms with Gasteiger partial charge in [-0.2, -0.15) is 0 Å². The smallest absolute Gasteiger partial charge is 0.138 e. The fourth-order valence-electron chi connectivity index (χ4n) is 2.08. The summed E-state index contributed by atoms with van der Waals surface area (Å²) < 4.78 is 11.5. The molecule has 3 nitrogen and oxygen atoms in total. The first kappa shape index (κ1) is 17.9. The third kappa shape index (κ3) is 4.79. The van der Waals surface area contributed by atoms with Gasteiger partial charge in [-0.15, -0.1) is 0 Å². The number of hydrogen-bond acceptors (Lipinski definition) is 3. The van der Waals surface area contributed by atoms with E-state index in [9.17, 15) is 0 Å². The molecule has 0 saturated heterocycles. The SMILES string of the molecule is Cc1ccc(COc2ccc(Oc3ccc(Cl)c(Cl)c3)cc2Cl)cn1. The highest BCUT2D eigenvalue weighted by molar-refractivity contribution is 6.42. The molecular weight excluding hydrogens is 381 g/mol. The first-order valence-electron chi connectivity index (χ1n) is 7.48. The van der Waals surface area contributed by atoms with Crippen LogP contribution in [0, 0.1) is 6.92 Å². The van der Waals surface area contributed by atoms with E-state index >= 15 is 0 Å². The largest absolute Gasteiger partial charge is 0.487 e. The van der Waals surface area contributed by atoms with Gasteiger partial charge in [-0.3, -0.25) is 4.98 Å². The van der Waals surface area contributed by atoms with E-state index < -0.39 is 0 Å². The van der Waals surface area contributed by atoms with Gasteiger partial charge in [0, 0.05) is 29.6 Å². The van der Waals surface area contributed by atoms with E-state index in [4.69, 9.17) is 44.3 Å². The Morgan fingerprint density at radius 1 is 0.840 bits per heavy atom. The van der Waals surface area contributed by atoms with Gasteiger partial charge in [0.2, 0.25) is 0 Å². The number of aryl methyl sites for hydroxylation is 1. The van der Waals surface area contributed by atoms with E-state index in [1.807, 2.05) is 19.1 Å². The molecule has 0 atom stereocenters. The maximum absolute atomic E-state index is 6.28. The third-order valence-electron chi connectivity index (χ3n) is 3.40. The molecular formula is C19H14Cl3NO2. The zero-order chi connectivity index (χ0) is 17.8. The Hall–Kier alpha value is -1.94. The quantitative estimate of drug-likeness (QED) is 0.481. The van der Waals surface area contributed by atoms with E-state index in [0.29, 0.717) is 38.9 Å². The summed E-state index contributed by atoms with van der Waals surface area (Å²) in [6.45, 7) is 2.33. The Morgan fingerprint density at radius 3 is 2.20 bits per heavy atom. The van der Waals surface area contributed by atoms with Gasteiger partial charge in [0.1, 0.15) is 23.9 Å². The highest BCUT2D eigenvalue weighted by Gasteiger charge is 2.07. The molecule has 1 heterocycles. The van der Waals surface area contributed by atoms with Gasteiger partial charge in [-0.05, 0) is 37.3 Å². The summed E-state index contributed by atoms with van der Waals surface area (Å²) in [7, 11) is 0. The van der Waals surface area contributed by atoms with Crippen LogP contribution in [-0.4, -0.2) is 4.98 Å². The molecule has 0 saturated carbocycles. The molecule has 0 bridgehead atoms. The molecule has 0 N–H and O–H groups in total. The highest BCUT2D eigenvalue weighted by Crippen LogP contribution is 2.33. The molecule has 0 aliphatic heterocycles. The fraction of sp³-hybridized carbons (Fsp3) is 0.105. The van der Waals surface area contributed by atoms with Crippen LogP contribution in [-0.2, 0) is 6.61 Å². The topological polar surface area (TPSA) is 31.4 Å². The van der Waals surface area contributed by atoms with Gasteiger partial charge in [0.25, 0.3) is 0 Å². The molecule has 0 radical (unpaired) electrons. The molecule has 0 amide bonds. The van der Waals surface area contributed by atoms with Crippen LogP contribution in [0.2, 0.25) is 15.1 Å². The number of aromatic nitrogens is 1. The number of halogens is 3. The van der Waals surface area contributed by atoms with Crippen LogP contribution in [0.5, 0.6) is 17.2 Å². The molecule has 25 heavy (non-hydrogen) atoms.